The molecule has 1 aromatic carbocycles. The number of rotatable bonds is 7. The first-order chi connectivity index (χ1) is 16.9. The second-order valence-corrected chi connectivity index (χ2v) is 7.31. The third-order valence-corrected chi connectivity index (χ3v) is 5.18. The molecule has 0 atom stereocenters. The number of aromatic nitrogens is 3. The lowest BCUT2D eigenvalue weighted by atomic mass is 10.2. The van der Waals surface area contributed by atoms with Crippen molar-refractivity contribution in [1.82, 2.24) is 14.4 Å². The monoisotopic (exact) mass is 479 g/mol. The van der Waals surface area contributed by atoms with Crippen molar-refractivity contribution in [1.29, 1.82) is 0 Å². The minimum Gasteiger partial charge on any atom is -0.494 e. The maximum atomic E-state index is 13.9. The quantitative estimate of drug-likeness (QED) is 0.400. The van der Waals surface area contributed by atoms with Crippen molar-refractivity contribution in [2.75, 3.05) is 38.3 Å². The fraction of sp³-hybridized carbons (Fsp3) is 0.167. The van der Waals surface area contributed by atoms with Gasteiger partial charge in [0, 0.05) is 31.1 Å². The highest BCUT2D eigenvalue weighted by Crippen LogP contribution is 2.27. The Labute approximate surface area is 199 Å². The molecule has 2 amide bonds. The lowest BCUT2D eigenvalue weighted by molar-refractivity contribution is 0.0936. The first kappa shape index (κ1) is 23.6. The number of fused-ring (bicyclic) bond motifs is 1. The van der Waals surface area contributed by atoms with Gasteiger partial charge in [0.1, 0.15) is 18.2 Å². The van der Waals surface area contributed by atoms with E-state index in [9.17, 15) is 14.0 Å². The smallest absolute Gasteiger partial charge is 0.412 e. The van der Waals surface area contributed by atoms with Gasteiger partial charge in [-0.15, -0.1) is 0 Å². The predicted molar refractivity (Wildman–Crippen MR) is 126 cm³/mol. The Bertz CT molecular complexity index is 1370. The molecule has 180 valence electrons. The Balaban J connectivity index is 1.67. The lowest BCUT2D eigenvalue weighted by Gasteiger charge is -2.22. The van der Waals surface area contributed by atoms with E-state index in [0.29, 0.717) is 28.4 Å². The Hall–Kier alpha value is -4.51. The SMILES string of the molecule is COCN(C(=O)c1ccc2ncc(-c3ccc(NC(=O)OC)nc3)n2c1)c1ccc(F)c(OC)c1. The third kappa shape index (κ3) is 4.89. The van der Waals surface area contributed by atoms with Crippen LogP contribution in [-0.4, -0.2) is 54.4 Å². The summed E-state index contributed by atoms with van der Waals surface area (Å²) in [6.07, 6.45) is 4.27. The molecule has 0 saturated carbocycles. The number of halogens is 1. The lowest BCUT2D eigenvalue weighted by Crippen LogP contribution is -2.33. The van der Waals surface area contributed by atoms with Crippen molar-refractivity contribution < 1.29 is 28.2 Å². The summed E-state index contributed by atoms with van der Waals surface area (Å²) in [6, 6.07) is 10.9. The highest BCUT2D eigenvalue weighted by Gasteiger charge is 2.20. The van der Waals surface area contributed by atoms with Crippen molar-refractivity contribution in [3.05, 3.63) is 72.4 Å². The Kier molecular flexibility index (Phi) is 6.88. The molecule has 4 rings (SSSR count). The van der Waals surface area contributed by atoms with E-state index in [2.05, 4.69) is 20.0 Å². The van der Waals surface area contributed by atoms with Crippen molar-refractivity contribution in [2.24, 2.45) is 0 Å². The van der Waals surface area contributed by atoms with Crippen molar-refractivity contribution in [3.8, 4) is 17.0 Å². The minimum absolute atomic E-state index is 0.0152. The van der Waals surface area contributed by atoms with Crippen molar-refractivity contribution in [3.63, 3.8) is 0 Å². The molecular weight excluding hydrogens is 457 g/mol. The number of hydrogen-bond donors (Lipinski definition) is 1. The van der Waals surface area contributed by atoms with Crippen LogP contribution >= 0.6 is 0 Å². The summed E-state index contributed by atoms with van der Waals surface area (Å²) in [6.45, 7) is -0.0545. The van der Waals surface area contributed by atoms with E-state index in [4.69, 9.17) is 9.47 Å². The zero-order valence-electron chi connectivity index (χ0n) is 19.2. The van der Waals surface area contributed by atoms with Crippen LogP contribution in [0.15, 0.2) is 61.1 Å². The summed E-state index contributed by atoms with van der Waals surface area (Å²) < 4.78 is 30.5. The van der Waals surface area contributed by atoms with Crippen LogP contribution in [0, 0.1) is 5.82 Å². The first-order valence-electron chi connectivity index (χ1n) is 10.4. The van der Waals surface area contributed by atoms with Gasteiger partial charge in [-0.2, -0.15) is 0 Å². The van der Waals surface area contributed by atoms with Gasteiger partial charge >= 0.3 is 6.09 Å². The first-order valence-corrected chi connectivity index (χ1v) is 10.4. The van der Waals surface area contributed by atoms with E-state index in [1.165, 1.54) is 44.4 Å². The van der Waals surface area contributed by atoms with E-state index in [-0.39, 0.29) is 18.4 Å². The molecule has 0 aliphatic rings. The van der Waals surface area contributed by atoms with Crippen LogP contribution < -0.4 is 15.0 Å². The van der Waals surface area contributed by atoms with Crippen LogP contribution in [0.5, 0.6) is 5.75 Å². The van der Waals surface area contributed by atoms with Crippen LogP contribution in [0.25, 0.3) is 16.9 Å². The molecule has 0 radical (unpaired) electrons. The molecule has 0 fully saturated rings. The number of amides is 2. The van der Waals surface area contributed by atoms with Gasteiger partial charge in [-0.05, 0) is 36.4 Å². The van der Waals surface area contributed by atoms with Gasteiger partial charge in [-0.25, -0.2) is 19.2 Å². The average Bonchev–Trinajstić information content (AvgIpc) is 3.31. The minimum atomic E-state index is -0.623. The summed E-state index contributed by atoms with van der Waals surface area (Å²) in [5.74, 6) is -0.554. The average molecular weight is 479 g/mol. The topological polar surface area (TPSA) is 107 Å². The molecule has 35 heavy (non-hydrogen) atoms. The summed E-state index contributed by atoms with van der Waals surface area (Å²) in [7, 11) is 4.08. The molecule has 1 N–H and O–H groups in total. The third-order valence-electron chi connectivity index (χ3n) is 5.18. The summed E-state index contributed by atoms with van der Waals surface area (Å²) in [5.41, 5.74) is 2.80. The van der Waals surface area contributed by atoms with Gasteiger partial charge in [-0.1, -0.05) is 0 Å². The zero-order valence-corrected chi connectivity index (χ0v) is 19.2. The van der Waals surface area contributed by atoms with Crippen LogP contribution in [0.4, 0.5) is 20.7 Å². The van der Waals surface area contributed by atoms with Gasteiger partial charge in [0.15, 0.2) is 11.6 Å². The second kappa shape index (κ2) is 10.2. The molecule has 4 aromatic rings. The number of methoxy groups -OCH3 is 3. The van der Waals surface area contributed by atoms with E-state index < -0.39 is 11.9 Å². The van der Waals surface area contributed by atoms with Gasteiger partial charge in [0.05, 0.1) is 37.4 Å². The highest BCUT2D eigenvalue weighted by molar-refractivity contribution is 6.06. The Morgan fingerprint density at radius 3 is 2.57 bits per heavy atom. The zero-order chi connectivity index (χ0) is 24.9. The summed E-state index contributed by atoms with van der Waals surface area (Å²) in [4.78, 5) is 34.8. The van der Waals surface area contributed by atoms with Crippen LogP contribution in [-0.2, 0) is 9.47 Å². The maximum absolute atomic E-state index is 13.9. The molecule has 10 nitrogen and oxygen atoms in total. The van der Waals surface area contributed by atoms with E-state index in [1.807, 2.05) is 0 Å². The summed E-state index contributed by atoms with van der Waals surface area (Å²) >= 11 is 0. The number of carbonyl (C=O) groups excluding carboxylic acids is 2. The Morgan fingerprint density at radius 2 is 1.89 bits per heavy atom. The molecule has 11 heteroatoms. The molecule has 3 aromatic heterocycles. The molecular formula is C24H22FN5O5. The fourth-order valence-corrected chi connectivity index (χ4v) is 3.45. The van der Waals surface area contributed by atoms with Crippen LogP contribution in [0.2, 0.25) is 0 Å². The number of pyridine rings is 2. The molecule has 0 aliphatic carbocycles. The van der Waals surface area contributed by atoms with Gasteiger partial charge < -0.3 is 14.2 Å². The van der Waals surface area contributed by atoms with Gasteiger partial charge in [0.2, 0.25) is 0 Å². The van der Waals surface area contributed by atoms with Crippen LogP contribution in [0.3, 0.4) is 0 Å². The normalized spacial score (nSPS) is 10.7. The van der Waals surface area contributed by atoms with E-state index >= 15 is 0 Å². The highest BCUT2D eigenvalue weighted by atomic mass is 19.1. The van der Waals surface area contributed by atoms with Gasteiger partial charge in [0.25, 0.3) is 5.91 Å². The fourth-order valence-electron chi connectivity index (χ4n) is 3.45. The van der Waals surface area contributed by atoms with Crippen molar-refractivity contribution in [2.45, 2.75) is 0 Å². The Morgan fingerprint density at radius 1 is 1.06 bits per heavy atom. The van der Waals surface area contributed by atoms with E-state index in [0.717, 1.165) is 5.56 Å². The number of anilines is 2. The van der Waals surface area contributed by atoms with E-state index in [1.54, 1.807) is 47.3 Å². The molecule has 0 unspecified atom stereocenters. The largest absolute Gasteiger partial charge is 0.494 e. The molecule has 3 heterocycles. The van der Waals surface area contributed by atoms with Crippen LogP contribution in [0.1, 0.15) is 10.4 Å². The number of benzene rings is 1. The number of imidazole rings is 1. The number of carbonyl (C=O) groups is 2. The molecule has 0 saturated heterocycles. The molecule has 0 spiro atoms. The predicted octanol–water partition coefficient (Wildman–Crippen LogP) is 3.97. The summed E-state index contributed by atoms with van der Waals surface area (Å²) in [5, 5.41) is 2.49. The number of nitrogens with zero attached hydrogens (tertiary/aromatic N) is 4. The number of nitrogens with one attached hydrogen (secondary N) is 1. The number of hydrogen-bond acceptors (Lipinski definition) is 7. The molecule has 0 bridgehead atoms. The molecule has 0 aliphatic heterocycles. The van der Waals surface area contributed by atoms with Gasteiger partial charge in [-0.3, -0.25) is 19.4 Å². The van der Waals surface area contributed by atoms with Crippen molar-refractivity contribution >= 4 is 29.2 Å². The standard InChI is InChI=1S/C24H22FN5O5/c1-33-14-30(17-6-7-18(25)20(10-17)34-2)23(31)16-5-9-22-27-12-19(29(22)13-16)15-4-8-21(26-11-15)28-24(32)35-3/h4-13H,14H2,1-3H3,(H,26,28,32). The maximum Gasteiger partial charge on any atom is 0.412 e. The number of ether oxygens (including phenoxy) is 3. The second-order valence-electron chi connectivity index (χ2n) is 7.31.